The zero-order chi connectivity index (χ0) is 35.5. The molecular formula is C46H34ClN4O2P. The van der Waals surface area contributed by atoms with E-state index in [1.54, 1.807) is 14.2 Å². The van der Waals surface area contributed by atoms with Crippen LogP contribution in [0.25, 0.3) is 22.3 Å². The minimum Gasteiger partial charge on any atom is -1.00 e. The van der Waals surface area contributed by atoms with Crippen molar-refractivity contribution in [1.82, 2.24) is 8.68 Å². The molecule has 6 nitrogen and oxygen atoms in total. The van der Waals surface area contributed by atoms with Crippen LogP contribution in [0.2, 0.25) is 0 Å². The van der Waals surface area contributed by atoms with Crippen molar-refractivity contribution in [3.8, 4) is 0 Å². The summed E-state index contributed by atoms with van der Waals surface area (Å²) in [4.78, 5) is 10.9. The molecule has 0 saturated heterocycles. The van der Waals surface area contributed by atoms with Gasteiger partial charge >= 0.3 is 8.02 Å². The molecule has 4 aromatic carbocycles. The third-order valence-electron chi connectivity index (χ3n) is 10.3. The molecule has 4 aliphatic rings. The second kappa shape index (κ2) is 13.5. The number of allylic oxidation sites excluding steroid dienone is 4. The van der Waals surface area contributed by atoms with Crippen LogP contribution >= 0.6 is 8.02 Å². The van der Waals surface area contributed by atoms with Gasteiger partial charge in [-0.1, -0.05) is 121 Å². The van der Waals surface area contributed by atoms with E-state index in [1.807, 2.05) is 24.3 Å². The second-order valence-corrected chi connectivity index (χ2v) is 15.6. The van der Waals surface area contributed by atoms with Crippen molar-refractivity contribution in [2.75, 3.05) is 14.2 Å². The van der Waals surface area contributed by atoms with E-state index in [2.05, 4.69) is 154 Å². The third-order valence-corrected chi connectivity index (χ3v) is 13.1. The zero-order valence-corrected chi connectivity index (χ0v) is 31.2. The fourth-order valence-electron chi connectivity index (χ4n) is 8.06. The first-order valence-electron chi connectivity index (χ1n) is 17.7. The van der Waals surface area contributed by atoms with E-state index in [4.69, 9.17) is 19.0 Å². The summed E-state index contributed by atoms with van der Waals surface area (Å²) < 4.78 is 18.7. The first-order valence-corrected chi connectivity index (χ1v) is 19.2. The Morgan fingerprint density at radius 2 is 0.759 bits per heavy atom. The topological polar surface area (TPSA) is 53.0 Å². The predicted molar refractivity (Wildman–Crippen MR) is 216 cm³/mol. The number of halogens is 1. The number of rotatable bonds is 6. The summed E-state index contributed by atoms with van der Waals surface area (Å²) in [5.74, 6) is 0. The molecule has 262 valence electrons. The largest absolute Gasteiger partial charge is 1.00 e. The van der Waals surface area contributed by atoms with Gasteiger partial charge in [0.2, 0.25) is 0 Å². The van der Waals surface area contributed by atoms with Crippen molar-refractivity contribution in [2.24, 2.45) is 9.98 Å². The SMILES string of the molecule is CO[P+]1(OC)n2c3ccc2C(c2ccccc2)=C2C=CC(=N2)C(c2ccccc2)=c2ccc(n21)=C(c1ccccc1)C1=NC(=C3c2ccccc2)C=C1.[Cl-]. The van der Waals surface area contributed by atoms with E-state index in [1.165, 1.54) is 0 Å². The molecule has 54 heavy (non-hydrogen) atoms. The summed E-state index contributed by atoms with van der Waals surface area (Å²) in [6.07, 6.45) is 8.57. The van der Waals surface area contributed by atoms with Crippen LogP contribution in [0.4, 0.5) is 0 Å². The van der Waals surface area contributed by atoms with Gasteiger partial charge in [0.15, 0.2) is 0 Å². The fraction of sp³-hybridized carbons (Fsp3) is 0.0435. The Labute approximate surface area is 320 Å². The highest BCUT2D eigenvalue weighted by atomic mass is 35.5. The van der Waals surface area contributed by atoms with E-state index < -0.39 is 8.02 Å². The molecule has 0 saturated carbocycles. The lowest BCUT2D eigenvalue weighted by Gasteiger charge is -2.28. The first kappa shape index (κ1) is 33.9. The van der Waals surface area contributed by atoms with Crippen molar-refractivity contribution in [2.45, 2.75) is 0 Å². The molecule has 0 unspecified atom stereocenters. The van der Waals surface area contributed by atoms with Gasteiger partial charge in [0.1, 0.15) is 0 Å². The van der Waals surface area contributed by atoms with Crippen LogP contribution < -0.4 is 23.1 Å². The van der Waals surface area contributed by atoms with Gasteiger partial charge in [-0.3, -0.25) is 0 Å². The highest BCUT2D eigenvalue weighted by Gasteiger charge is 2.53. The zero-order valence-electron chi connectivity index (χ0n) is 29.6. The minimum atomic E-state index is -3.37. The molecule has 0 spiro atoms. The van der Waals surface area contributed by atoms with Crippen LogP contribution in [0.1, 0.15) is 33.6 Å². The molecule has 0 N–H and O–H groups in total. The van der Waals surface area contributed by atoms with Crippen LogP contribution in [0, 0.1) is 0 Å². The lowest BCUT2D eigenvalue weighted by atomic mass is 10.0. The Kier molecular flexibility index (Phi) is 8.49. The standard InChI is InChI=1S/C46H34N4O2P.ClH/c1-51-53(52-2)49-39-27-28-40(49)45(33-19-11-5-12-20-33)37-25-26-38(48-37)46(34-21-13-6-14-22-34)42-30-29-41(50(42)53)44(32-17-9-4-10-18-32)36-24-23-35(47-36)43(39)31-15-7-3-8-16-31;/h3-30H,1-2H3;1H/q+1;/p-1. The van der Waals surface area contributed by atoms with Crippen LogP contribution in [0.5, 0.6) is 0 Å². The molecule has 0 amide bonds. The maximum Gasteiger partial charge on any atom is 0.496 e. The van der Waals surface area contributed by atoms with Crippen molar-refractivity contribution >= 4 is 41.7 Å². The molecule has 0 aliphatic carbocycles. The number of hydrogen-bond donors (Lipinski definition) is 0. The van der Waals surface area contributed by atoms with Gasteiger partial charge in [0, 0.05) is 22.3 Å². The molecule has 2 aromatic heterocycles. The molecule has 8 heteroatoms. The van der Waals surface area contributed by atoms with Crippen molar-refractivity contribution in [1.29, 1.82) is 0 Å². The Balaban J connectivity index is 0.00000384. The lowest BCUT2D eigenvalue weighted by Crippen LogP contribution is -3.00. The van der Waals surface area contributed by atoms with Gasteiger partial charge in [-0.2, -0.15) is 9.05 Å². The van der Waals surface area contributed by atoms with Crippen LogP contribution in [-0.4, -0.2) is 34.3 Å². The number of hydrogen-bond acceptors (Lipinski definition) is 4. The molecule has 6 bridgehead atoms. The van der Waals surface area contributed by atoms with E-state index >= 15 is 0 Å². The number of fused-ring (bicyclic) bond motifs is 2. The maximum atomic E-state index is 7.02. The van der Waals surface area contributed by atoms with Crippen LogP contribution in [0.3, 0.4) is 0 Å². The number of aliphatic imine (C=N–C) groups is 2. The van der Waals surface area contributed by atoms with Crippen molar-refractivity contribution in [3.05, 3.63) is 226 Å². The highest BCUT2D eigenvalue weighted by Crippen LogP contribution is 2.64. The molecule has 6 aromatic rings. The summed E-state index contributed by atoms with van der Waals surface area (Å²) in [6.45, 7) is 0. The number of benzene rings is 4. The third kappa shape index (κ3) is 5.07. The molecular weight excluding hydrogens is 707 g/mol. The van der Waals surface area contributed by atoms with Gasteiger partial charge in [-0.25, -0.2) is 9.98 Å². The Bertz CT molecular complexity index is 2590. The monoisotopic (exact) mass is 740 g/mol. The van der Waals surface area contributed by atoms with Crippen LogP contribution in [-0.2, 0) is 9.05 Å². The van der Waals surface area contributed by atoms with Crippen LogP contribution in [0.15, 0.2) is 191 Å². The van der Waals surface area contributed by atoms with Gasteiger partial charge in [-0.15, -0.1) is 8.68 Å². The summed E-state index contributed by atoms with van der Waals surface area (Å²) in [5.41, 5.74) is 13.5. The Morgan fingerprint density at radius 1 is 0.407 bits per heavy atom. The van der Waals surface area contributed by atoms with Gasteiger partial charge in [0.25, 0.3) is 0 Å². The first-order chi connectivity index (χ1) is 26.2. The van der Waals surface area contributed by atoms with Gasteiger partial charge < -0.3 is 12.4 Å². The summed E-state index contributed by atoms with van der Waals surface area (Å²) >= 11 is 0. The highest BCUT2D eigenvalue weighted by molar-refractivity contribution is 7.63. The van der Waals surface area contributed by atoms with E-state index in [-0.39, 0.29) is 12.4 Å². The summed E-state index contributed by atoms with van der Waals surface area (Å²) in [6, 6.07) is 50.8. The summed E-state index contributed by atoms with van der Waals surface area (Å²) in [7, 11) is 0.189. The predicted octanol–water partition coefficient (Wildman–Crippen LogP) is 5.63. The molecule has 10 rings (SSSR count). The Morgan fingerprint density at radius 3 is 1.11 bits per heavy atom. The lowest BCUT2D eigenvalue weighted by molar-refractivity contribution is -0.0000118. The average Bonchev–Trinajstić information content (AvgIpc) is 4.05. The van der Waals surface area contributed by atoms with Crippen molar-refractivity contribution in [3.63, 3.8) is 0 Å². The van der Waals surface area contributed by atoms with Gasteiger partial charge in [0.05, 0.1) is 59.1 Å². The number of aromatic nitrogens is 2. The molecule has 6 heterocycles. The fourth-order valence-corrected chi connectivity index (χ4v) is 10.8. The number of nitrogens with zero attached hydrogens (tertiary/aromatic N) is 4. The van der Waals surface area contributed by atoms with E-state index in [0.29, 0.717) is 0 Å². The van der Waals surface area contributed by atoms with E-state index in [9.17, 15) is 0 Å². The molecule has 4 aliphatic heterocycles. The second-order valence-electron chi connectivity index (χ2n) is 13.1. The molecule has 0 radical (unpaired) electrons. The molecule has 0 fully saturated rings. The van der Waals surface area contributed by atoms with Crippen molar-refractivity contribution < 1.29 is 21.5 Å². The summed E-state index contributed by atoms with van der Waals surface area (Å²) in [5, 5.41) is 1.87. The smallest absolute Gasteiger partial charge is 0.496 e. The minimum absolute atomic E-state index is 0. The van der Waals surface area contributed by atoms with Gasteiger partial charge in [-0.05, 0) is 70.8 Å². The normalized spacial score (nSPS) is 16.3. The maximum absolute atomic E-state index is 7.02. The quantitative estimate of drug-likeness (QED) is 0.208. The Hall–Kier alpha value is -5.88. The van der Waals surface area contributed by atoms with E-state index in [0.717, 1.165) is 89.4 Å². The molecule has 0 atom stereocenters. The average molecular weight is 741 g/mol.